The summed E-state index contributed by atoms with van der Waals surface area (Å²) in [6, 6.07) is 11.1. The van der Waals surface area contributed by atoms with Crippen molar-refractivity contribution in [1.29, 1.82) is 0 Å². The van der Waals surface area contributed by atoms with Crippen LogP contribution in [-0.2, 0) is 15.5 Å². The summed E-state index contributed by atoms with van der Waals surface area (Å²) in [6.45, 7) is 16.9. The first kappa shape index (κ1) is 33.4. The third kappa shape index (κ3) is 5.84. The van der Waals surface area contributed by atoms with Gasteiger partial charge in [-0.3, -0.25) is 9.55 Å². The van der Waals surface area contributed by atoms with Gasteiger partial charge in [0.2, 0.25) is 0 Å². The molecule has 1 heterocycles. The predicted octanol–water partition coefficient (Wildman–Crippen LogP) is 7.91. The molecule has 8 heteroatoms. The van der Waals surface area contributed by atoms with Crippen molar-refractivity contribution >= 4 is 38.6 Å². The molecule has 0 spiro atoms. The molecule has 0 fully saturated rings. The van der Waals surface area contributed by atoms with Gasteiger partial charge in [-0.15, -0.1) is 0 Å². The van der Waals surface area contributed by atoms with E-state index in [2.05, 4.69) is 70.7 Å². The monoisotopic (exact) mass is 640 g/mol. The molecule has 0 radical (unpaired) electrons. The third-order valence-electron chi connectivity index (χ3n) is 9.34. The smallest absolute Gasteiger partial charge is 0.336 e. The minimum absolute atomic E-state index is 0.0754. The van der Waals surface area contributed by atoms with Gasteiger partial charge in [0.05, 0.1) is 16.8 Å². The van der Waals surface area contributed by atoms with Gasteiger partial charge in [-0.2, -0.15) is 8.42 Å². The van der Waals surface area contributed by atoms with Crippen LogP contribution in [0.2, 0.25) is 0 Å². The highest BCUT2D eigenvalue weighted by Crippen LogP contribution is 2.54. The molecule has 5 rings (SSSR count). The van der Waals surface area contributed by atoms with Crippen molar-refractivity contribution in [3.05, 3.63) is 111 Å². The number of carboxylic acid groups (broad SMARTS) is 1. The van der Waals surface area contributed by atoms with Gasteiger partial charge in [0.15, 0.2) is 0 Å². The Labute approximate surface area is 273 Å². The topological polar surface area (TPSA) is 107 Å². The molecule has 0 aromatic heterocycles. The molecular formula is C38H44N2O5S. The lowest BCUT2D eigenvalue weighted by Gasteiger charge is -2.45. The van der Waals surface area contributed by atoms with Crippen molar-refractivity contribution in [2.75, 3.05) is 24.7 Å². The first-order chi connectivity index (χ1) is 21.2. The van der Waals surface area contributed by atoms with E-state index in [1.165, 1.54) is 0 Å². The molecule has 0 amide bonds. The Morgan fingerprint density at radius 3 is 2.26 bits per heavy atom. The van der Waals surface area contributed by atoms with Crippen LogP contribution in [0.5, 0.6) is 0 Å². The van der Waals surface area contributed by atoms with Crippen molar-refractivity contribution in [3.63, 3.8) is 0 Å². The molecule has 2 aromatic carbocycles. The van der Waals surface area contributed by atoms with Gasteiger partial charge in [0.25, 0.3) is 10.1 Å². The number of hydrogen-bond acceptors (Lipinski definition) is 5. The fraction of sp³-hybridized carbons (Fsp3) is 0.368. The van der Waals surface area contributed by atoms with Crippen LogP contribution in [0.1, 0.15) is 88.0 Å². The quantitative estimate of drug-likeness (QED) is 0.322. The van der Waals surface area contributed by atoms with Crippen LogP contribution in [0.4, 0.5) is 5.69 Å². The minimum Gasteiger partial charge on any atom is -0.478 e. The largest absolute Gasteiger partial charge is 0.478 e. The average molecular weight is 641 g/mol. The highest BCUT2D eigenvalue weighted by Gasteiger charge is 2.42. The van der Waals surface area contributed by atoms with Gasteiger partial charge in [-0.05, 0) is 101 Å². The molecule has 2 N–H and O–H groups in total. The zero-order valence-corrected chi connectivity index (χ0v) is 29.2. The number of rotatable bonds is 5. The number of aromatic carboxylic acids is 1. The van der Waals surface area contributed by atoms with Crippen LogP contribution in [0, 0.1) is 5.41 Å². The summed E-state index contributed by atoms with van der Waals surface area (Å²) in [7, 11) is -0.568. The van der Waals surface area contributed by atoms with Crippen LogP contribution in [0.15, 0.2) is 88.0 Å². The molecular weight excluding hydrogens is 596 g/mol. The second kappa shape index (κ2) is 11.1. The lowest BCUT2D eigenvalue weighted by atomic mass is 9.62. The Balaban J connectivity index is 1.96. The Bertz CT molecular complexity index is 1980. The first-order valence-electron chi connectivity index (χ1n) is 15.4. The minimum atomic E-state index is -4.34. The van der Waals surface area contributed by atoms with Crippen LogP contribution >= 0.6 is 0 Å². The SMILES string of the molecule is CN=C1C=C2C(=C(c3ccccc3C(=O)O)c3cc4c(cc3C2(C)C)N(C)C(C)(C)C=C4CS(=O)(=O)O)C=C1/C(C)=C\C(C)(C)C. The number of carboxylic acids is 1. The summed E-state index contributed by atoms with van der Waals surface area (Å²) in [4.78, 5) is 19.5. The summed E-state index contributed by atoms with van der Waals surface area (Å²) in [6.07, 6.45) is 8.37. The van der Waals surface area contributed by atoms with Crippen molar-refractivity contribution in [2.45, 2.75) is 66.3 Å². The van der Waals surface area contributed by atoms with Crippen LogP contribution in [0.25, 0.3) is 11.1 Å². The molecule has 0 saturated carbocycles. The van der Waals surface area contributed by atoms with Gasteiger partial charge < -0.3 is 10.0 Å². The van der Waals surface area contributed by atoms with Gasteiger partial charge in [0, 0.05) is 36.3 Å². The zero-order valence-electron chi connectivity index (χ0n) is 28.4. The van der Waals surface area contributed by atoms with Gasteiger partial charge >= 0.3 is 5.97 Å². The molecule has 46 heavy (non-hydrogen) atoms. The number of allylic oxidation sites excluding steroid dienone is 7. The lowest BCUT2D eigenvalue weighted by Crippen LogP contribution is -2.43. The number of anilines is 1. The summed E-state index contributed by atoms with van der Waals surface area (Å²) in [5.74, 6) is -1.56. The summed E-state index contributed by atoms with van der Waals surface area (Å²) in [5.41, 5.74) is 9.02. The molecule has 2 aliphatic carbocycles. The summed E-state index contributed by atoms with van der Waals surface area (Å²) >= 11 is 0. The Morgan fingerprint density at radius 2 is 1.67 bits per heavy atom. The second-order valence-corrected chi connectivity index (χ2v) is 16.2. The number of likely N-dealkylation sites (N-methyl/N-ethyl adjacent to an activating group) is 1. The van der Waals surface area contributed by atoms with E-state index in [-0.39, 0.29) is 11.0 Å². The molecule has 0 unspecified atom stereocenters. The number of fused-ring (bicyclic) bond motifs is 3. The number of aliphatic imine (C=N–C) groups is 1. The second-order valence-electron chi connectivity index (χ2n) is 14.7. The van der Waals surface area contributed by atoms with Crippen molar-refractivity contribution < 1.29 is 22.9 Å². The van der Waals surface area contributed by atoms with E-state index in [9.17, 15) is 22.9 Å². The van der Waals surface area contributed by atoms with Crippen LogP contribution in [0.3, 0.4) is 0 Å². The average Bonchev–Trinajstić information content (AvgIpc) is 2.93. The Hall–Kier alpha value is -4.01. The lowest BCUT2D eigenvalue weighted by molar-refractivity contribution is 0.0696. The normalized spacial score (nSPS) is 20.0. The molecule has 3 aliphatic rings. The van der Waals surface area contributed by atoms with Gasteiger partial charge in [-0.1, -0.05) is 65.0 Å². The van der Waals surface area contributed by atoms with Crippen molar-refractivity contribution in [1.82, 2.24) is 0 Å². The molecule has 2 aromatic rings. The number of nitrogens with zero attached hydrogens (tertiary/aromatic N) is 2. The number of carbonyl (C=O) groups is 1. The van der Waals surface area contributed by atoms with E-state index in [0.717, 1.165) is 50.4 Å². The van der Waals surface area contributed by atoms with E-state index in [1.54, 1.807) is 19.2 Å². The zero-order chi connectivity index (χ0) is 34.1. The Kier molecular flexibility index (Phi) is 8.02. The van der Waals surface area contributed by atoms with Gasteiger partial charge in [-0.25, -0.2) is 4.79 Å². The van der Waals surface area contributed by atoms with Gasteiger partial charge in [0.1, 0.15) is 5.75 Å². The fourth-order valence-electron chi connectivity index (χ4n) is 7.08. The Morgan fingerprint density at radius 1 is 1.02 bits per heavy atom. The summed E-state index contributed by atoms with van der Waals surface area (Å²) in [5, 5.41) is 10.4. The maximum Gasteiger partial charge on any atom is 0.336 e. The number of hydrogen-bond donors (Lipinski definition) is 2. The van der Waals surface area contributed by atoms with Crippen LogP contribution < -0.4 is 4.90 Å². The van der Waals surface area contributed by atoms with E-state index in [0.29, 0.717) is 16.7 Å². The molecule has 242 valence electrons. The molecule has 0 saturated heterocycles. The molecule has 1 aliphatic heterocycles. The highest BCUT2D eigenvalue weighted by molar-refractivity contribution is 7.86. The molecule has 0 atom stereocenters. The summed E-state index contributed by atoms with van der Waals surface area (Å²) < 4.78 is 34.4. The van der Waals surface area contributed by atoms with E-state index in [1.807, 2.05) is 45.2 Å². The van der Waals surface area contributed by atoms with E-state index in [4.69, 9.17) is 4.99 Å². The van der Waals surface area contributed by atoms with Crippen molar-refractivity contribution in [2.24, 2.45) is 10.4 Å². The maximum absolute atomic E-state index is 12.7. The maximum atomic E-state index is 12.7. The first-order valence-corrected chi connectivity index (χ1v) is 17.1. The third-order valence-corrected chi connectivity index (χ3v) is 10.0. The highest BCUT2D eigenvalue weighted by atomic mass is 32.2. The van der Waals surface area contributed by atoms with E-state index < -0.39 is 32.8 Å². The predicted molar refractivity (Wildman–Crippen MR) is 189 cm³/mol. The molecule has 0 bridgehead atoms. The number of benzene rings is 2. The van der Waals surface area contributed by atoms with Crippen LogP contribution in [-0.4, -0.2) is 55.1 Å². The fourth-order valence-corrected chi connectivity index (χ4v) is 7.71. The standard InChI is InChI=1S/C38H44N2O5S/c1-22(19-36(2,3)4)26-15-28-30(17-32(26)39-9)38(7,8)31-18-33-27(23(21-46(43,44)45)20-37(5,6)40(33)10)16-29(31)34(28)24-13-11-12-14-25(24)35(41)42/h11-20H,21H2,1-10H3,(H,41,42)(H,43,44,45)/b22-19-,39-32?. The molecule has 7 nitrogen and oxygen atoms in total. The van der Waals surface area contributed by atoms with E-state index >= 15 is 0 Å². The van der Waals surface area contributed by atoms with Crippen molar-refractivity contribution in [3.8, 4) is 0 Å².